The van der Waals surface area contributed by atoms with E-state index in [1.807, 2.05) is 30.3 Å². The molecule has 0 radical (unpaired) electrons. The first-order valence-electron chi connectivity index (χ1n) is 6.75. The van der Waals surface area contributed by atoms with E-state index in [9.17, 15) is 4.79 Å². The van der Waals surface area contributed by atoms with E-state index in [-0.39, 0.29) is 5.69 Å². The van der Waals surface area contributed by atoms with Crippen LogP contribution in [0, 0.1) is 0 Å². The second-order valence-electron chi connectivity index (χ2n) is 4.71. The number of nitrogens with zero attached hydrogens (tertiary/aromatic N) is 2. The highest BCUT2D eigenvalue weighted by atomic mass is 32.2. The Hall–Kier alpha value is -2.21. The molecule has 0 unspecified atom stereocenters. The van der Waals surface area contributed by atoms with E-state index in [1.165, 1.54) is 0 Å². The normalized spacial score (nSPS) is 11.0. The first-order valence-corrected chi connectivity index (χ1v) is 7.74. The van der Waals surface area contributed by atoms with Gasteiger partial charge in [-0.15, -0.1) is 11.8 Å². The summed E-state index contributed by atoms with van der Waals surface area (Å²) in [6.07, 6.45) is 4.30. The lowest BCUT2D eigenvalue weighted by molar-refractivity contribution is 0.679. The number of benzene rings is 1. The maximum atomic E-state index is 11.9. The van der Waals surface area contributed by atoms with E-state index in [0.717, 1.165) is 28.1 Å². The molecule has 108 valence electrons. The SMILES string of the molecule is Nc1cnccc1SCCCn1c(=O)[nH]c2ccccc21. The van der Waals surface area contributed by atoms with E-state index in [4.69, 9.17) is 5.73 Å². The first-order chi connectivity index (χ1) is 10.3. The van der Waals surface area contributed by atoms with Gasteiger partial charge in [0, 0.05) is 17.6 Å². The molecule has 2 aromatic heterocycles. The van der Waals surface area contributed by atoms with Gasteiger partial charge >= 0.3 is 5.69 Å². The highest BCUT2D eigenvalue weighted by Gasteiger charge is 2.05. The molecule has 3 rings (SSSR count). The summed E-state index contributed by atoms with van der Waals surface area (Å²) in [5, 5.41) is 0. The highest BCUT2D eigenvalue weighted by molar-refractivity contribution is 7.99. The van der Waals surface area contributed by atoms with Crippen LogP contribution in [0.4, 0.5) is 5.69 Å². The molecule has 0 amide bonds. The zero-order chi connectivity index (χ0) is 14.7. The summed E-state index contributed by atoms with van der Waals surface area (Å²) >= 11 is 1.69. The topological polar surface area (TPSA) is 76.7 Å². The van der Waals surface area contributed by atoms with Gasteiger partial charge in [-0.1, -0.05) is 12.1 Å². The Bertz CT molecular complexity index is 809. The summed E-state index contributed by atoms with van der Waals surface area (Å²) < 4.78 is 1.78. The van der Waals surface area contributed by atoms with Crippen LogP contribution in [0.1, 0.15) is 6.42 Å². The molecule has 0 aliphatic heterocycles. The number of H-pyrrole nitrogens is 1. The van der Waals surface area contributed by atoms with Gasteiger partial charge in [0.1, 0.15) is 0 Å². The molecular weight excluding hydrogens is 284 g/mol. The van der Waals surface area contributed by atoms with Gasteiger partial charge in [-0.2, -0.15) is 0 Å². The van der Waals surface area contributed by atoms with Gasteiger partial charge in [0.25, 0.3) is 0 Å². The third kappa shape index (κ3) is 2.95. The minimum Gasteiger partial charge on any atom is -0.397 e. The number of aromatic amines is 1. The molecule has 2 heterocycles. The fourth-order valence-corrected chi connectivity index (χ4v) is 3.13. The van der Waals surface area contributed by atoms with Crippen molar-refractivity contribution in [3.05, 3.63) is 53.2 Å². The number of nitrogen functional groups attached to an aromatic ring is 1. The molecule has 0 fully saturated rings. The van der Waals surface area contributed by atoms with Crippen molar-refractivity contribution in [1.29, 1.82) is 0 Å². The van der Waals surface area contributed by atoms with E-state index in [0.29, 0.717) is 12.2 Å². The van der Waals surface area contributed by atoms with Crippen LogP contribution < -0.4 is 11.4 Å². The number of pyridine rings is 1. The Labute approximate surface area is 126 Å². The first kappa shape index (κ1) is 13.8. The van der Waals surface area contributed by atoms with Gasteiger partial charge in [0.15, 0.2) is 0 Å². The molecular formula is C15H16N4OS. The van der Waals surface area contributed by atoms with Crippen LogP contribution in [0.5, 0.6) is 0 Å². The monoisotopic (exact) mass is 300 g/mol. The van der Waals surface area contributed by atoms with Gasteiger partial charge in [-0.25, -0.2) is 4.79 Å². The Morgan fingerprint density at radius 1 is 1.29 bits per heavy atom. The molecule has 1 aromatic carbocycles. The minimum absolute atomic E-state index is 0.0513. The van der Waals surface area contributed by atoms with Crippen molar-refractivity contribution in [3.63, 3.8) is 0 Å². The molecule has 3 aromatic rings. The number of hydrogen-bond donors (Lipinski definition) is 2. The lowest BCUT2D eigenvalue weighted by atomic mass is 10.3. The number of aryl methyl sites for hydroxylation is 1. The molecule has 21 heavy (non-hydrogen) atoms. The lowest BCUT2D eigenvalue weighted by Crippen LogP contribution is -2.17. The third-order valence-electron chi connectivity index (χ3n) is 3.28. The number of hydrogen-bond acceptors (Lipinski definition) is 4. The second kappa shape index (κ2) is 6.05. The Morgan fingerprint density at radius 2 is 2.14 bits per heavy atom. The summed E-state index contributed by atoms with van der Waals surface area (Å²) in [6.45, 7) is 0.695. The van der Waals surface area contributed by atoms with Crippen LogP contribution >= 0.6 is 11.8 Å². The van der Waals surface area contributed by atoms with Gasteiger partial charge in [0.2, 0.25) is 0 Å². The third-order valence-corrected chi connectivity index (χ3v) is 4.45. The van der Waals surface area contributed by atoms with Gasteiger partial charge in [0.05, 0.1) is 22.9 Å². The van der Waals surface area contributed by atoms with Crippen LogP contribution in [0.2, 0.25) is 0 Å². The molecule has 0 atom stereocenters. The van der Waals surface area contributed by atoms with Gasteiger partial charge in [-0.3, -0.25) is 9.55 Å². The van der Waals surface area contributed by atoms with Crippen molar-refractivity contribution in [2.75, 3.05) is 11.5 Å². The Kier molecular flexibility index (Phi) is 3.96. The van der Waals surface area contributed by atoms with Crippen molar-refractivity contribution in [2.24, 2.45) is 0 Å². The molecule has 0 bridgehead atoms. The molecule has 0 aliphatic carbocycles. The molecule has 6 heteroatoms. The van der Waals surface area contributed by atoms with E-state index >= 15 is 0 Å². The number of fused-ring (bicyclic) bond motifs is 1. The lowest BCUT2D eigenvalue weighted by Gasteiger charge is -2.05. The van der Waals surface area contributed by atoms with Gasteiger partial charge < -0.3 is 10.7 Å². The fraction of sp³-hybridized carbons (Fsp3) is 0.200. The van der Waals surface area contributed by atoms with E-state index < -0.39 is 0 Å². The number of aromatic nitrogens is 3. The standard InChI is InChI=1S/C15H16N4OS/c16-11-10-17-7-6-14(11)21-9-3-8-19-13-5-2-1-4-12(13)18-15(19)20/h1-2,4-7,10H,3,8-9,16H2,(H,18,20). The predicted molar refractivity (Wildman–Crippen MR) is 86.5 cm³/mol. The quantitative estimate of drug-likeness (QED) is 0.560. The number of nitrogens with two attached hydrogens (primary N) is 1. The molecule has 0 spiro atoms. The molecule has 3 N–H and O–H groups in total. The van der Waals surface area contributed by atoms with Gasteiger partial charge in [-0.05, 0) is 30.4 Å². The highest BCUT2D eigenvalue weighted by Crippen LogP contribution is 2.24. The fourth-order valence-electron chi connectivity index (χ4n) is 2.26. The van der Waals surface area contributed by atoms with Crippen molar-refractivity contribution in [3.8, 4) is 0 Å². The molecule has 0 saturated heterocycles. The zero-order valence-electron chi connectivity index (χ0n) is 11.5. The zero-order valence-corrected chi connectivity index (χ0v) is 12.3. The molecule has 0 saturated carbocycles. The molecule has 0 aliphatic rings. The maximum absolute atomic E-state index is 11.9. The maximum Gasteiger partial charge on any atom is 0.326 e. The van der Waals surface area contributed by atoms with Crippen LogP contribution in [0.15, 0.2) is 52.4 Å². The summed E-state index contributed by atoms with van der Waals surface area (Å²) in [7, 11) is 0. The van der Waals surface area contributed by atoms with Crippen LogP contribution in [0.3, 0.4) is 0 Å². The summed E-state index contributed by atoms with van der Waals surface area (Å²) in [5.74, 6) is 0.903. The summed E-state index contributed by atoms with van der Waals surface area (Å²) in [4.78, 5) is 19.8. The largest absolute Gasteiger partial charge is 0.397 e. The van der Waals surface area contributed by atoms with E-state index in [1.54, 1.807) is 28.7 Å². The number of nitrogens with one attached hydrogen (secondary N) is 1. The number of para-hydroxylation sites is 2. The van der Waals surface area contributed by atoms with Crippen molar-refractivity contribution in [1.82, 2.24) is 14.5 Å². The Balaban J connectivity index is 1.64. The smallest absolute Gasteiger partial charge is 0.326 e. The summed E-state index contributed by atoms with van der Waals surface area (Å²) in [6, 6.07) is 9.65. The minimum atomic E-state index is -0.0513. The molecule has 5 nitrogen and oxygen atoms in total. The van der Waals surface area contributed by atoms with Crippen LogP contribution in [-0.4, -0.2) is 20.3 Å². The van der Waals surface area contributed by atoms with Crippen molar-refractivity contribution >= 4 is 28.5 Å². The number of imidazole rings is 1. The average molecular weight is 300 g/mol. The van der Waals surface area contributed by atoms with Crippen molar-refractivity contribution in [2.45, 2.75) is 17.9 Å². The van der Waals surface area contributed by atoms with Crippen LogP contribution in [-0.2, 0) is 6.54 Å². The summed E-state index contributed by atoms with van der Waals surface area (Å²) in [5.41, 5.74) is 8.34. The van der Waals surface area contributed by atoms with Crippen molar-refractivity contribution < 1.29 is 0 Å². The number of anilines is 1. The number of thioether (sulfide) groups is 1. The Morgan fingerprint density at radius 3 is 3.00 bits per heavy atom. The number of rotatable bonds is 5. The predicted octanol–water partition coefficient (Wildman–Crippen LogP) is 2.49. The van der Waals surface area contributed by atoms with Crippen LogP contribution in [0.25, 0.3) is 11.0 Å². The van der Waals surface area contributed by atoms with E-state index in [2.05, 4.69) is 9.97 Å². The second-order valence-corrected chi connectivity index (χ2v) is 5.85. The average Bonchev–Trinajstić information content (AvgIpc) is 2.81.